The summed E-state index contributed by atoms with van der Waals surface area (Å²) in [5.74, 6) is 0.0255. The number of carbonyl (C=O) groups is 1. The highest BCUT2D eigenvalue weighted by atomic mass is 35.5. The summed E-state index contributed by atoms with van der Waals surface area (Å²) in [6, 6.07) is 0.801. The minimum atomic E-state index is -0.128. The number of halogens is 1. The molecule has 0 bridgehead atoms. The standard InChI is InChI=1S/C7H12N2O.ClH/c8-7(10)5-3-9(4-5)6-1-2-6;/h5-6H,1-4H2,(H2,8,10);1H. The van der Waals surface area contributed by atoms with Gasteiger partial charge in [-0.2, -0.15) is 0 Å². The molecule has 0 atom stereocenters. The zero-order chi connectivity index (χ0) is 7.14. The van der Waals surface area contributed by atoms with Crippen LogP contribution in [0.4, 0.5) is 0 Å². The third-order valence-electron chi connectivity index (χ3n) is 2.38. The number of primary amides is 1. The highest BCUT2D eigenvalue weighted by molar-refractivity contribution is 5.85. The first-order valence-corrected chi connectivity index (χ1v) is 3.81. The van der Waals surface area contributed by atoms with E-state index in [1.165, 1.54) is 12.8 Å². The third kappa shape index (κ3) is 1.65. The molecule has 1 heterocycles. The molecular formula is C7H13ClN2O. The predicted molar refractivity (Wildman–Crippen MR) is 44.5 cm³/mol. The summed E-state index contributed by atoms with van der Waals surface area (Å²) in [6.07, 6.45) is 2.65. The molecule has 0 unspecified atom stereocenters. The first-order chi connectivity index (χ1) is 4.77. The molecule has 1 aliphatic heterocycles. The Balaban J connectivity index is 0.000000605. The number of nitrogens with two attached hydrogens (primary N) is 1. The Morgan fingerprint density at radius 3 is 2.27 bits per heavy atom. The average Bonchev–Trinajstić information content (AvgIpc) is 2.42. The molecule has 2 fully saturated rings. The molecule has 0 spiro atoms. The second-order valence-electron chi connectivity index (χ2n) is 3.28. The smallest absolute Gasteiger partial charge is 0.223 e. The van der Waals surface area contributed by atoms with Crippen molar-refractivity contribution < 1.29 is 4.79 Å². The van der Waals surface area contributed by atoms with Gasteiger partial charge in [0, 0.05) is 19.1 Å². The molecule has 3 nitrogen and oxygen atoms in total. The van der Waals surface area contributed by atoms with Crippen molar-refractivity contribution in [1.29, 1.82) is 0 Å². The summed E-state index contributed by atoms with van der Waals surface area (Å²) in [4.78, 5) is 12.9. The lowest BCUT2D eigenvalue weighted by Gasteiger charge is -2.37. The number of nitrogens with zero attached hydrogens (tertiary/aromatic N) is 1. The van der Waals surface area contributed by atoms with Gasteiger partial charge in [0.05, 0.1) is 5.92 Å². The summed E-state index contributed by atoms with van der Waals surface area (Å²) in [7, 11) is 0. The van der Waals surface area contributed by atoms with Crippen LogP contribution in [0.2, 0.25) is 0 Å². The number of likely N-dealkylation sites (tertiary alicyclic amines) is 1. The van der Waals surface area contributed by atoms with E-state index in [0.717, 1.165) is 19.1 Å². The van der Waals surface area contributed by atoms with Crippen molar-refractivity contribution in [3.63, 3.8) is 0 Å². The molecule has 4 heteroatoms. The van der Waals surface area contributed by atoms with Gasteiger partial charge in [-0.25, -0.2) is 0 Å². The molecule has 0 aromatic carbocycles. The highest BCUT2D eigenvalue weighted by Crippen LogP contribution is 2.32. The molecule has 2 rings (SSSR count). The van der Waals surface area contributed by atoms with Crippen molar-refractivity contribution >= 4 is 18.3 Å². The van der Waals surface area contributed by atoms with Gasteiger partial charge < -0.3 is 5.73 Å². The molecule has 0 radical (unpaired) electrons. The number of rotatable bonds is 2. The Morgan fingerprint density at radius 2 is 1.91 bits per heavy atom. The lowest BCUT2D eigenvalue weighted by Crippen LogP contribution is -2.53. The fraction of sp³-hybridized carbons (Fsp3) is 0.857. The average molecular weight is 177 g/mol. The van der Waals surface area contributed by atoms with Crippen LogP contribution in [0, 0.1) is 5.92 Å². The Hall–Kier alpha value is -0.280. The van der Waals surface area contributed by atoms with Crippen molar-refractivity contribution in [2.45, 2.75) is 18.9 Å². The van der Waals surface area contributed by atoms with Gasteiger partial charge in [0.2, 0.25) is 5.91 Å². The number of hydrogen-bond acceptors (Lipinski definition) is 2. The van der Waals surface area contributed by atoms with Crippen LogP contribution >= 0.6 is 12.4 Å². The monoisotopic (exact) mass is 176 g/mol. The molecular weight excluding hydrogens is 164 g/mol. The summed E-state index contributed by atoms with van der Waals surface area (Å²) < 4.78 is 0. The fourth-order valence-corrected chi connectivity index (χ4v) is 1.43. The van der Waals surface area contributed by atoms with Gasteiger partial charge >= 0.3 is 0 Å². The maximum absolute atomic E-state index is 10.6. The van der Waals surface area contributed by atoms with E-state index >= 15 is 0 Å². The van der Waals surface area contributed by atoms with Gasteiger partial charge in [0.1, 0.15) is 0 Å². The Kier molecular flexibility index (Phi) is 2.40. The zero-order valence-electron chi connectivity index (χ0n) is 6.32. The SMILES string of the molecule is Cl.NC(=O)C1CN(C2CC2)C1. The minimum absolute atomic E-state index is 0. The lowest BCUT2D eigenvalue weighted by atomic mass is 10.00. The summed E-state index contributed by atoms with van der Waals surface area (Å²) >= 11 is 0. The van der Waals surface area contributed by atoms with Gasteiger partial charge in [-0.05, 0) is 12.8 Å². The maximum atomic E-state index is 10.6. The molecule has 2 N–H and O–H groups in total. The van der Waals surface area contributed by atoms with Crippen LogP contribution in [0.3, 0.4) is 0 Å². The molecule has 1 saturated carbocycles. The van der Waals surface area contributed by atoms with Crippen LogP contribution in [0.1, 0.15) is 12.8 Å². The van der Waals surface area contributed by atoms with Crippen LogP contribution < -0.4 is 5.73 Å². The molecule has 1 saturated heterocycles. The number of hydrogen-bond donors (Lipinski definition) is 1. The van der Waals surface area contributed by atoms with Gasteiger partial charge in [-0.15, -0.1) is 12.4 Å². The molecule has 1 aliphatic carbocycles. The quantitative estimate of drug-likeness (QED) is 0.643. The van der Waals surface area contributed by atoms with Gasteiger partial charge in [-0.3, -0.25) is 9.69 Å². The normalized spacial score (nSPS) is 25.5. The van der Waals surface area contributed by atoms with Crippen molar-refractivity contribution in [3.05, 3.63) is 0 Å². The van der Waals surface area contributed by atoms with Crippen molar-refractivity contribution in [2.75, 3.05) is 13.1 Å². The Bertz CT molecular complexity index is 164. The van der Waals surface area contributed by atoms with E-state index in [1.54, 1.807) is 0 Å². The summed E-state index contributed by atoms with van der Waals surface area (Å²) in [5.41, 5.74) is 5.11. The third-order valence-corrected chi connectivity index (χ3v) is 2.38. The lowest BCUT2D eigenvalue weighted by molar-refractivity contribution is -0.127. The van der Waals surface area contributed by atoms with Gasteiger partial charge in [0.25, 0.3) is 0 Å². The van der Waals surface area contributed by atoms with Crippen LogP contribution in [-0.2, 0) is 4.79 Å². The zero-order valence-corrected chi connectivity index (χ0v) is 7.14. The van der Waals surface area contributed by atoms with Gasteiger partial charge in [-0.1, -0.05) is 0 Å². The number of amides is 1. The molecule has 64 valence electrons. The molecule has 0 aromatic rings. The minimum Gasteiger partial charge on any atom is -0.369 e. The topological polar surface area (TPSA) is 46.3 Å². The summed E-state index contributed by atoms with van der Waals surface area (Å²) in [5, 5.41) is 0. The van der Waals surface area contributed by atoms with E-state index in [4.69, 9.17) is 5.73 Å². The fourth-order valence-electron chi connectivity index (χ4n) is 1.43. The molecule has 11 heavy (non-hydrogen) atoms. The summed E-state index contributed by atoms with van der Waals surface area (Å²) in [6.45, 7) is 1.83. The number of carbonyl (C=O) groups excluding carboxylic acids is 1. The maximum Gasteiger partial charge on any atom is 0.223 e. The van der Waals surface area contributed by atoms with Crippen molar-refractivity contribution in [3.8, 4) is 0 Å². The van der Waals surface area contributed by atoms with Gasteiger partial charge in [0.15, 0.2) is 0 Å². The van der Waals surface area contributed by atoms with E-state index < -0.39 is 0 Å². The van der Waals surface area contributed by atoms with E-state index in [2.05, 4.69) is 4.90 Å². The largest absolute Gasteiger partial charge is 0.369 e. The van der Waals surface area contributed by atoms with Crippen molar-refractivity contribution in [1.82, 2.24) is 4.90 Å². The highest BCUT2D eigenvalue weighted by Gasteiger charge is 2.39. The van der Waals surface area contributed by atoms with E-state index in [1.807, 2.05) is 0 Å². The first kappa shape index (κ1) is 8.81. The van der Waals surface area contributed by atoms with Crippen LogP contribution in [0.15, 0.2) is 0 Å². The molecule has 2 aliphatic rings. The van der Waals surface area contributed by atoms with E-state index in [9.17, 15) is 4.79 Å². The molecule has 1 amide bonds. The first-order valence-electron chi connectivity index (χ1n) is 3.81. The predicted octanol–water partition coefficient (Wildman–Crippen LogP) is -0.0123. The second kappa shape index (κ2) is 2.99. The van der Waals surface area contributed by atoms with E-state index in [-0.39, 0.29) is 24.2 Å². The Morgan fingerprint density at radius 1 is 1.36 bits per heavy atom. The van der Waals surface area contributed by atoms with E-state index in [0.29, 0.717) is 0 Å². The van der Waals surface area contributed by atoms with Crippen LogP contribution in [-0.4, -0.2) is 29.9 Å². The second-order valence-corrected chi connectivity index (χ2v) is 3.28. The van der Waals surface area contributed by atoms with Crippen molar-refractivity contribution in [2.24, 2.45) is 11.7 Å². The van der Waals surface area contributed by atoms with Crippen LogP contribution in [0.25, 0.3) is 0 Å². The Labute approximate surface area is 72.3 Å². The molecule has 0 aromatic heterocycles. The van der Waals surface area contributed by atoms with Crippen LogP contribution in [0.5, 0.6) is 0 Å².